The molecule has 31 heavy (non-hydrogen) atoms. The largest absolute Gasteiger partial charge is 0.444 e. The van der Waals surface area contributed by atoms with Crippen LogP contribution in [-0.4, -0.2) is 80.2 Å². The van der Waals surface area contributed by atoms with E-state index in [0.29, 0.717) is 6.20 Å². The number of amides is 2. The molecule has 0 bridgehead atoms. The Morgan fingerprint density at radius 1 is 1.29 bits per heavy atom. The highest BCUT2D eigenvalue weighted by Crippen LogP contribution is 2.29. The molecule has 0 spiro atoms. The Kier molecular flexibility index (Phi) is 7.46. The summed E-state index contributed by atoms with van der Waals surface area (Å²) >= 11 is 0. The Morgan fingerprint density at radius 2 is 1.94 bits per heavy atom. The van der Waals surface area contributed by atoms with Crippen LogP contribution < -0.4 is 10.4 Å². The molecule has 12 heteroatoms. The van der Waals surface area contributed by atoms with Gasteiger partial charge in [-0.05, 0) is 20.8 Å². The number of alkyl halides is 3. The quantitative estimate of drug-likeness (QED) is 0.523. The molecule has 1 aliphatic heterocycles. The van der Waals surface area contributed by atoms with Crippen molar-refractivity contribution in [2.24, 2.45) is 0 Å². The second-order valence-corrected chi connectivity index (χ2v) is 8.19. The van der Waals surface area contributed by atoms with Crippen molar-refractivity contribution < 1.29 is 32.3 Å². The fourth-order valence-corrected chi connectivity index (χ4v) is 3.10. The Morgan fingerprint density at radius 3 is 2.45 bits per heavy atom. The van der Waals surface area contributed by atoms with Gasteiger partial charge in [0.15, 0.2) is 0 Å². The third kappa shape index (κ3) is 6.49. The highest BCUT2D eigenvalue weighted by atomic mass is 19.4. The zero-order chi connectivity index (χ0) is 23.6. The molecule has 2 amide bonds. The Hall–Kier alpha value is -2.50. The predicted octanol–water partition coefficient (Wildman–Crippen LogP) is 1.73. The van der Waals surface area contributed by atoms with Crippen LogP contribution in [0.3, 0.4) is 0 Å². The average Bonchev–Trinajstić information content (AvgIpc) is 2.65. The molecule has 1 fully saturated rings. The summed E-state index contributed by atoms with van der Waals surface area (Å²) in [6, 6.07) is 0.209. The van der Waals surface area contributed by atoms with Gasteiger partial charge in [-0.3, -0.25) is 9.63 Å². The van der Waals surface area contributed by atoms with E-state index in [9.17, 15) is 22.8 Å². The third-order valence-corrected chi connectivity index (χ3v) is 4.66. The smallest absolute Gasteiger partial charge is 0.417 e. The van der Waals surface area contributed by atoms with Gasteiger partial charge in [0.2, 0.25) is 5.91 Å². The number of rotatable bonds is 4. The van der Waals surface area contributed by atoms with Crippen molar-refractivity contribution in [1.82, 2.24) is 14.9 Å². The van der Waals surface area contributed by atoms with E-state index < -0.39 is 29.5 Å². The second kappa shape index (κ2) is 9.33. The number of hydrogen-bond acceptors (Lipinski definition) is 6. The van der Waals surface area contributed by atoms with Crippen LogP contribution in [0, 0.1) is 0 Å². The van der Waals surface area contributed by atoms with Crippen LogP contribution >= 0.6 is 0 Å². The molecule has 0 aliphatic carbocycles. The van der Waals surface area contributed by atoms with Crippen molar-refractivity contribution in [1.29, 1.82) is 0 Å². The van der Waals surface area contributed by atoms with E-state index in [1.165, 1.54) is 19.1 Å². The molecular weight excluding hydrogens is 416 g/mol. The van der Waals surface area contributed by atoms with E-state index >= 15 is 0 Å². The van der Waals surface area contributed by atoms with Crippen molar-refractivity contribution in [2.45, 2.75) is 45.0 Å². The molecule has 2 rings (SSSR count). The van der Waals surface area contributed by atoms with Gasteiger partial charge in [0.1, 0.15) is 19.3 Å². The molecule has 0 saturated carbocycles. The summed E-state index contributed by atoms with van der Waals surface area (Å²) in [7, 11) is 8.64. The summed E-state index contributed by atoms with van der Waals surface area (Å²) in [5.41, 5.74) is -1.83. The van der Waals surface area contributed by atoms with E-state index in [1.807, 2.05) is 0 Å². The molecule has 170 valence electrons. The summed E-state index contributed by atoms with van der Waals surface area (Å²) in [6.45, 7) is 5.74. The maximum atomic E-state index is 13.0. The molecular formula is C19H26BF3N4O4. The first-order chi connectivity index (χ1) is 14.2. The highest BCUT2D eigenvalue weighted by Gasteiger charge is 2.36. The Labute approximate surface area is 180 Å². The number of halogens is 3. The van der Waals surface area contributed by atoms with Crippen molar-refractivity contribution >= 4 is 31.1 Å². The summed E-state index contributed by atoms with van der Waals surface area (Å²) in [5, 5.41) is 1.04. The van der Waals surface area contributed by atoms with Gasteiger partial charge >= 0.3 is 12.3 Å². The van der Waals surface area contributed by atoms with Crippen molar-refractivity contribution in [2.75, 3.05) is 38.7 Å². The molecule has 1 saturated heterocycles. The number of carbonyl (C=O) groups excluding carboxylic acids is 2. The molecule has 1 aromatic rings. The van der Waals surface area contributed by atoms with E-state index in [4.69, 9.17) is 17.4 Å². The lowest BCUT2D eigenvalue weighted by atomic mass is 9.93. The lowest BCUT2D eigenvalue weighted by Gasteiger charge is -2.43. The van der Waals surface area contributed by atoms with Gasteiger partial charge in [-0.15, -0.1) is 0 Å². The maximum absolute atomic E-state index is 13.0. The number of anilines is 1. The van der Waals surface area contributed by atoms with E-state index in [2.05, 4.69) is 4.98 Å². The second-order valence-electron chi connectivity index (χ2n) is 8.19. The topological polar surface area (TPSA) is 75.2 Å². The molecule has 8 nitrogen and oxygen atoms in total. The number of ether oxygens (including phenoxy) is 1. The number of carbonyl (C=O) groups is 2. The van der Waals surface area contributed by atoms with Crippen LogP contribution in [0.4, 0.5) is 23.8 Å². The Balaban J connectivity index is 2.31. The van der Waals surface area contributed by atoms with Crippen LogP contribution in [0.15, 0.2) is 12.3 Å². The summed E-state index contributed by atoms with van der Waals surface area (Å²) in [4.78, 5) is 36.8. The van der Waals surface area contributed by atoms with Crippen molar-refractivity contribution in [3.05, 3.63) is 17.8 Å². The van der Waals surface area contributed by atoms with Crippen molar-refractivity contribution in [3.8, 4) is 0 Å². The number of pyridine rings is 1. The SMILES string of the molecule is [B]c1cc(C(F)(F)F)cnc1N1CCN(C(=O)OC(C)(C)C)CC1CC(=O)N(C)OC. The molecule has 2 heterocycles. The average molecular weight is 442 g/mol. The van der Waals surface area contributed by atoms with Gasteiger partial charge < -0.3 is 14.5 Å². The molecule has 1 atom stereocenters. The lowest BCUT2D eigenvalue weighted by molar-refractivity contribution is -0.169. The lowest BCUT2D eigenvalue weighted by Crippen LogP contribution is -2.57. The summed E-state index contributed by atoms with van der Waals surface area (Å²) in [5.74, 6) is -0.260. The first-order valence-electron chi connectivity index (χ1n) is 9.61. The molecule has 1 aromatic heterocycles. The molecule has 1 unspecified atom stereocenters. The summed E-state index contributed by atoms with van der Waals surface area (Å²) in [6.07, 6.45) is -4.50. The fraction of sp³-hybridized carbons (Fsp3) is 0.632. The number of aromatic nitrogens is 1. The molecule has 0 N–H and O–H groups in total. The first kappa shape index (κ1) is 24.8. The first-order valence-corrected chi connectivity index (χ1v) is 9.61. The van der Waals surface area contributed by atoms with Gasteiger partial charge in [0.25, 0.3) is 0 Å². The van der Waals surface area contributed by atoms with Crippen LogP contribution in [0.1, 0.15) is 32.8 Å². The number of hydrogen-bond donors (Lipinski definition) is 0. The van der Waals surface area contributed by atoms with Crippen molar-refractivity contribution in [3.63, 3.8) is 0 Å². The monoisotopic (exact) mass is 442 g/mol. The number of nitrogens with zero attached hydrogens (tertiary/aromatic N) is 4. The van der Waals surface area contributed by atoms with E-state index in [-0.39, 0.29) is 43.2 Å². The maximum Gasteiger partial charge on any atom is 0.417 e. The minimum Gasteiger partial charge on any atom is -0.444 e. The number of hydroxylamine groups is 2. The summed E-state index contributed by atoms with van der Waals surface area (Å²) < 4.78 is 44.3. The normalized spacial score (nSPS) is 17.5. The van der Waals surface area contributed by atoms with E-state index in [1.54, 1.807) is 25.7 Å². The minimum atomic E-state index is -4.58. The third-order valence-electron chi connectivity index (χ3n) is 4.66. The predicted molar refractivity (Wildman–Crippen MR) is 108 cm³/mol. The van der Waals surface area contributed by atoms with E-state index in [0.717, 1.165) is 11.1 Å². The van der Waals surface area contributed by atoms with Gasteiger partial charge in [-0.1, -0.05) is 11.5 Å². The van der Waals surface area contributed by atoms with Crippen LogP contribution in [0.25, 0.3) is 0 Å². The fourth-order valence-electron chi connectivity index (χ4n) is 3.10. The van der Waals surface area contributed by atoms with Crippen LogP contribution in [-0.2, 0) is 20.5 Å². The Bertz CT molecular complexity index is 816. The standard InChI is InChI=1S/C19H26BF3N4O4/c1-18(2,3)31-17(29)26-6-7-27(13(11-26)9-15(28)25(4)30-5)16-14(20)8-12(10-24-16)19(21,22)23/h8,10,13H,6-7,9,11H2,1-5H3. The molecule has 2 radical (unpaired) electrons. The molecule has 0 aromatic carbocycles. The zero-order valence-electron chi connectivity index (χ0n) is 18.2. The molecule has 1 aliphatic rings. The minimum absolute atomic E-state index is 0.0776. The van der Waals surface area contributed by atoms with Crippen LogP contribution in [0.2, 0.25) is 0 Å². The van der Waals surface area contributed by atoms with Gasteiger partial charge in [0, 0.05) is 32.9 Å². The number of piperazine rings is 1. The van der Waals surface area contributed by atoms with Gasteiger partial charge in [-0.2, -0.15) is 13.2 Å². The highest BCUT2D eigenvalue weighted by molar-refractivity contribution is 6.35. The van der Waals surface area contributed by atoms with Gasteiger partial charge in [0.05, 0.1) is 25.1 Å². The van der Waals surface area contributed by atoms with Crippen LogP contribution in [0.5, 0.6) is 0 Å². The zero-order valence-corrected chi connectivity index (χ0v) is 18.2. The van der Waals surface area contributed by atoms with Gasteiger partial charge in [-0.25, -0.2) is 14.8 Å².